The van der Waals surface area contributed by atoms with Crippen molar-refractivity contribution in [3.8, 4) is 0 Å². The number of nitrogens with one attached hydrogen (secondary N) is 1. The van der Waals surface area contributed by atoms with Crippen LogP contribution >= 0.6 is 11.6 Å². The minimum absolute atomic E-state index is 0.126. The number of carbonyl (C=O) groups excluding carboxylic acids is 3. The van der Waals surface area contributed by atoms with Crippen molar-refractivity contribution in [1.82, 2.24) is 19.6 Å². The first kappa shape index (κ1) is 25.7. The van der Waals surface area contributed by atoms with Gasteiger partial charge in [-0.25, -0.2) is 4.79 Å². The van der Waals surface area contributed by atoms with Gasteiger partial charge in [-0.15, -0.1) is 0 Å². The van der Waals surface area contributed by atoms with Crippen molar-refractivity contribution in [2.24, 2.45) is 5.41 Å². The summed E-state index contributed by atoms with van der Waals surface area (Å²) in [6, 6.07) is 5.17. The zero-order valence-corrected chi connectivity index (χ0v) is 21.5. The van der Waals surface area contributed by atoms with Crippen LogP contribution in [0.15, 0.2) is 24.3 Å². The molecule has 3 fully saturated rings. The van der Waals surface area contributed by atoms with E-state index in [1.165, 1.54) is 9.80 Å². The van der Waals surface area contributed by atoms with Gasteiger partial charge >= 0.3 is 6.03 Å². The van der Waals surface area contributed by atoms with E-state index in [0.717, 1.165) is 25.8 Å². The monoisotopic (exact) mass is 505 g/mol. The molecule has 1 saturated carbocycles. The fourth-order valence-electron chi connectivity index (χ4n) is 5.28. The number of nitrogens with zero attached hydrogens (tertiary/aromatic N) is 4. The Balaban J connectivity index is 1.39. The third kappa shape index (κ3) is 5.57. The largest absolute Gasteiger partial charge is 0.391 e. The second-order valence-electron chi connectivity index (χ2n) is 10.3. The average molecular weight is 506 g/mol. The molecule has 0 radical (unpaired) electrons. The van der Waals surface area contributed by atoms with Crippen molar-refractivity contribution in [2.45, 2.75) is 50.8 Å². The van der Waals surface area contributed by atoms with E-state index < -0.39 is 12.1 Å². The summed E-state index contributed by atoms with van der Waals surface area (Å²) in [7, 11) is 3.39. The van der Waals surface area contributed by atoms with Crippen LogP contribution < -0.4 is 5.32 Å². The molecular weight excluding hydrogens is 470 g/mol. The van der Waals surface area contributed by atoms with Crippen molar-refractivity contribution in [3.63, 3.8) is 0 Å². The van der Waals surface area contributed by atoms with E-state index >= 15 is 0 Å². The third-order valence-electron chi connectivity index (χ3n) is 7.80. The number of rotatable bonds is 6. The van der Waals surface area contributed by atoms with E-state index in [0.29, 0.717) is 36.8 Å². The van der Waals surface area contributed by atoms with Crippen LogP contribution in [0, 0.1) is 5.41 Å². The Labute approximate surface area is 212 Å². The van der Waals surface area contributed by atoms with Gasteiger partial charge in [-0.2, -0.15) is 0 Å². The van der Waals surface area contributed by atoms with Gasteiger partial charge in [0.25, 0.3) is 0 Å². The topological polar surface area (TPSA) is 96.4 Å². The molecule has 3 unspecified atom stereocenters. The molecule has 3 aliphatic rings. The van der Waals surface area contributed by atoms with Crippen LogP contribution in [-0.2, 0) is 9.59 Å². The second kappa shape index (κ2) is 10.3. The Morgan fingerprint density at radius 3 is 2.60 bits per heavy atom. The number of anilines is 1. The number of halogens is 1. The lowest BCUT2D eigenvalue weighted by atomic mass is 9.90. The minimum atomic E-state index is -0.702. The van der Waals surface area contributed by atoms with E-state index in [1.807, 2.05) is 0 Å². The van der Waals surface area contributed by atoms with E-state index in [1.54, 1.807) is 50.2 Å². The second-order valence-corrected chi connectivity index (χ2v) is 10.7. The van der Waals surface area contributed by atoms with Gasteiger partial charge in [0.15, 0.2) is 0 Å². The van der Waals surface area contributed by atoms with E-state index in [9.17, 15) is 19.5 Å². The summed E-state index contributed by atoms with van der Waals surface area (Å²) < 4.78 is 0. The molecule has 9 nitrogen and oxygen atoms in total. The summed E-state index contributed by atoms with van der Waals surface area (Å²) in [5, 5.41) is 13.8. The van der Waals surface area contributed by atoms with Crippen molar-refractivity contribution in [2.75, 3.05) is 52.1 Å². The van der Waals surface area contributed by atoms with E-state index in [-0.39, 0.29) is 35.9 Å². The number of hydrogen-bond donors (Lipinski definition) is 2. The number of likely N-dealkylation sites (N-methyl/N-ethyl adjacent to an activating group) is 1. The predicted molar refractivity (Wildman–Crippen MR) is 134 cm³/mol. The molecule has 2 heterocycles. The first-order valence-electron chi connectivity index (χ1n) is 12.4. The fraction of sp³-hybridized carbons (Fsp3) is 0.640. The highest BCUT2D eigenvalue weighted by Gasteiger charge is 2.51. The number of amides is 4. The van der Waals surface area contributed by atoms with Crippen LogP contribution in [0.2, 0.25) is 5.02 Å². The first-order valence-corrected chi connectivity index (χ1v) is 12.7. The number of β-amino-alcohol motifs (C(OH)–C–C–N with tert-alkyl or cyclic N) is 1. The molecule has 1 spiro atoms. The third-order valence-corrected chi connectivity index (χ3v) is 8.04. The Hall–Kier alpha value is -2.36. The summed E-state index contributed by atoms with van der Waals surface area (Å²) in [6.07, 6.45) is 3.36. The van der Waals surface area contributed by atoms with Crippen LogP contribution in [0.4, 0.5) is 10.5 Å². The van der Waals surface area contributed by atoms with E-state index in [4.69, 9.17) is 11.6 Å². The lowest BCUT2D eigenvalue weighted by Crippen LogP contribution is -2.63. The maximum Gasteiger partial charge on any atom is 0.322 e. The SMILES string of the molecule is CC1C(=O)N(C(CCN2CCC3(CC3)C(O)C2)C(=O)N(C)C)CCN1C(=O)Nc1cccc(Cl)c1. The van der Waals surface area contributed by atoms with Gasteiger partial charge in [-0.1, -0.05) is 17.7 Å². The Bertz CT molecular complexity index is 969. The summed E-state index contributed by atoms with van der Waals surface area (Å²) in [5.74, 6) is -0.369. The van der Waals surface area contributed by atoms with Crippen LogP contribution in [-0.4, -0.2) is 108 Å². The summed E-state index contributed by atoms with van der Waals surface area (Å²) in [6.45, 7) is 4.45. The molecular formula is C25H36ClN5O4. The highest BCUT2D eigenvalue weighted by Crippen LogP contribution is 2.53. The predicted octanol–water partition coefficient (Wildman–Crippen LogP) is 2.10. The first-order chi connectivity index (χ1) is 16.6. The number of piperidine rings is 1. The molecule has 3 atom stereocenters. The van der Waals surface area contributed by atoms with Crippen LogP contribution in [0.25, 0.3) is 0 Å². The number of aliphatic hydroxyl groups is 1. The van der Waals surface area contributed by atoms with Crippen molar-refractivity contribution in [3.05, 3.63) is 29.3 Å². The summed E-state index contributed by atoms with van der Waals surface area (Å²) >= 11 is 6.01. The molecule has 192 valence electrons. The van der Waals surface area contributed by atoms with Crippen molar-refractivity contribution in [1.29, 1.82) is 0 Å². The van der Waals surface area contributed by atoms with Crippen LogP contribution in [0.5, 0.6) is 0 Å². The van der Waals surface area contributed by atoms with Gasteiger partial charge in [0.1, 0.15) is 12.1 Å². The zero-order valence-electron chi connectivity index (χ0n) is 20.7. The Kier molecular flexibility index (Phi) is 7.59. The molecule has 1 aromatic rings. The van der Waals surface area contributed by atoms with Gasteiger partial charge in [0.05, 0.1) is 6.10 Å². The molecule has 1 aliphatic carbocycles. The van der Waals surface area contributed by atoms with Gasteiger partial charge < -0.3 is 30.0 Å². The quantitative estimate of drug-likeness (QED) is 0.617. The molecule has 4 amide bonds. The number of piperazine rings is 1. The van der Waals surface area contributed by atoms with Crippen LogP contribution in [0.3, 0.4) is 0 Å². The number of aliphatic hydroxyl groups excluding tert-OH is 1. The van der Waals surface area contributed by atoms with Crippen molar-refractivity contribution < 1.29 is 19.5 Å². The fourth-order valence-corrected chi connectivity index (χ4v) is 5.47. The summed E-state index contributed by atoms with van der Waals surface area (Å²) in [5.41, 5.74) is 0.685. The molecule has 35 heavy (non-hydrogen) atoms. The zero-order chi connectivity index (χ0) is 25.3. The number of likely N-dealkylation sites (tertiary alicyclic amines) is 1. The van der Waals surface area contributed by atoms with Crippen molar-refractivity contribution >= 4 is 35.1 Å². The molecule has 2 saturated heterocycles. The maximum atomic E-state index is 13.4. The molecule has 4 rings (SSSR count). The highest BCUT2D eigenvalue weighted by molar-refractivity contribution is 6.30. The van der Waals surface area contributed by atoms with Gasteiger partial charge in [-0.05, 0) is 62.8 Å². The lowest BCUT2D eigenvalue weighted by Gasteiger charge is -2.43. The molecule has 10 heteroatoms. The number of carbonyl (C=O) groups is 3. The Morgan fingerprint density at radius 1 is 1.23 bits per heavy atom. The van der Waals surface area contributed by atoms with Crippen LogP contribution in [0.1, 0.15) is 32.6 Å². The normalized spacial score (nSPS) is 24.9. The highest BCUT2D eigenvalue weighted by atomic mass is 35.5. The van der Waals surface area contributed by atoms with Gasteiger partial charge in [0, 0.05) is 51.0 Å². The maximum absolute atomic E-state index is 13.4. The van der Waals surface area contributed by atoms with Gasteiger partial charge in [0.2, 0.25) is 11.8 Å². The average Bonchev–Trinajstić information content (AvgIpc) is 3.59. The number of urea groups is 1. The Morgan fingerprint density at radius 2 is 1.97 bits per heavy atom. The van der Waals surface area contributed by atoms with Gasteiger partial charge in [-0.3, -0.25) is 9.59 Å². The number of benzene rings is 1. The molecule has 0 bridgehead atoms. The summed E-state index contributed by atoms with van der Waals surface area (Å²) in [4.78, 5) is 46.2. The molecule has 2 N–H and O–H groups in total. The standard InChI is InChI=1S/C25H36ClN5O4/c1-17-22(33)31(14-13-30(17)24(35)27-19-6-4-5-18(26)15-19)20(23(34)28(2)3)7-11-29-12-10-25(8-9-25)21(32)16-29/h4-6,15,17,20-21,32H,7-14,16H2,1-3H3,(H,27,35). The molecule has 0 aromatic heterocycles. The minimum Gasteiger partial charge on any atom is -0.391 e. The lowest BCUT2D eigenvalue weighted by molar-refractivity contribution is -0.150. The van der Waals surface area contributed by atoms with E-state index in [2.05, 4.69) is 10.2 Å². The smallest absolute Gasteiger partial charge is 0.322 e. The number of hydrogen-bond acceptors (Lipinski definition) is 5. The molecule has 1 aromatic carbocycles. The molecule has 2 aliphatic heterocycles.